The molecule has 0 aliphatic carbocycles. The average molecular weight is 439 g/mol. The first-order chi connectivity index (χ1) is 14.9. The molecule has 1 atom stereocenters. The largest absolute Gasteiger partial charge is 0.463 e. The number of para-hydroxylation sites is 1. The number of aromatic nitrogens is 1. The summed E-state index contributed by atoms with van der Waals surface area (Å²) in [5.74, 6) is -0.639. The molecule has 2 amide bonds. The number of carbonyl (C=O) groups excluding carboxylic acids is 3. The Morgan fingerprint density at radius 1 is 1.23 bits per heavy atom. The van der Waals surface area contributed by atoms with E-state index in [1.165, 1.54) is 13.2 Å². The predicted molar refractivity (Wildman–Crippen MR) is 119 cm³/mol. The third kappa shape index (κ3) is 3.90. The molecule has 4 rings (SSSR count). The minimum atomic E-state index is -0.613. The first-order valence-electron chi connectivity index (χ1n) is 9.95. The highest BCUT2D eigenvalue weighted by atomic mass is 32.2. The molecule has 0 bridgehead atoms. The molecule has 1 aliphatic heterocycles. The fourth-order valence-electron chi connectivity index (χ4n) is 3.51. The molecule has 3 heterocycles. The molecule has 1 saturated heterocycles. The lowest BCUT2D eigenvalue weighted by molar-refractivity contribution is -0.123. The van der Waals surface area contributed by atoms with Crippen molar-refractivity contribution in [2.45, 2.75) is 32.9 Å². The van der Waals surface area contributed by atoms with E-state index in [4.69, 9.17) is 4.42 Å². The summed E-state index contributed by atoms with van der Waals surface area (Å²) in [7, 11) is 1.25. The number of hydrogen-bond acceptors (Lipinski definition) is 6. The van der Waals surface area contributed by atoms with Crippen LogP contribution in [0.3, 0.4) is 0 Å². The van der Waals surface area contributed by atoms with E-state index in [1.807, 2.05) is 24.4 Å². The molecule has 0 N–H and O–H groups in total. The van der Waals surface area contributed by atoms with Gasteiger partial charge in [-0.05, 0) is 49.4 Å². The molecule has 2 aromatic heterocycles. The second-order valence-corrected chi connectivity index (χ2v) is 8.28. The van der Waals surface area contributed by atoms with E-state index in [2.05, 4.69) is 29.2 Å². The lowest BCUT2D eigenvalue weighted by Crippen LogP contribution is -2.27. The van der Waals surface area contributed by atoms with Crippen molar-refractivity contribution in [1.29, 1.82) is 0 Å². The maximum Gasteiger partial charge on any atom is 0.373 e. The van der Waals surface area contributed by atoms with Crippen LogP contribution in [0.4, 0.5) is 4.79 Å². The molecule has 0 spiro atoms. The molecule has 1 aliphatic rings. The summed E-state index contributed by atoms with van der Waals surface area (Å²) in [4.78, 5) is 38.5. The number of amides is 2. The van der Waals surface area contributed by atoms with Crippen molar-refractivity contribution in [3.05, 3.63) is 64.6 Å². The van der Waals surface area contributed by atoms with Crippen molar-refractivity contribution in [2.75, 3.05) is 7.11 Å². The molecular weight excluding hydrogens is 416 g/mol. The third-order valence-electron chi connectivity index (χ3n) is 5.36. The summed E-state index contributed by atoms with van der Waals surface area (Å²) in [5.41, 5.74) is 1.99. The average Bonchev–Trinajstić information content (AvgIpc) is 3.46. The van der Waals surface area contributed by atoms with Gasteiger partial charge in [0.1, 0.15) is 5.76 Å². The Morgan fingerprint density at radius 2 is 2.00 bits per heavy atom. The summed E-state index contributed by atoms with van der Waals surface area (Å²) in [6.07, 6.45) is 4.78. The van der Waals surface area contributed by atoms with E-state index in [9.17, 15) is 14.4 Å². The van der Waals surface area contributed by atoms with Gasteiger partial charge in [-0.3, -0.25) is 14.5 Å². The Kier molecular flexibility index (Phi) is 5.73. The fraction of sp³-hybridized carbons (Fsp3) is 0.261. The molecule has 160 valence electrons. The van der Waals surface area contributed by atoms with Crippen molar-refractivity contribution < 1.29 is 23.5 Å². The van der Waals surface area contributed by atoms with Crippen LogP contribution < -0.4 is 0 Å². The number of carbonyl (C=O) groups is 3. The number of nitrogens with zero attached hydrogens (tertiary/aromatic N) is 2. The number of furan rings is 1. The molecule has 7 nitrogen and oxygen atoms in total. The molecule has 31 heavy (non-hydrogen) atoms. The van der Waals surface area contributed by atoms with Gasteiger partial charge in [0.15, 0.2) is 0 Å². The number of thioether (sulfide) groups is 1. The Balaban J connectivity index is 1.62. The predicted octanol–water partition coefficient (Wildman–Crippen LogP) is 5.23. The van der Waals surface area contributed by atoms with Gasteiger partial charge in [-0.15, -0.1) is 0 Å². The second-order valence-electron chi connectivity index (χ2n) is 7.29. The highest BCUT2D eigenvalue weighted by Gasteiger charge is 2.36. The monoisotopic (exact) mass is 438 g/mol. The van der Waals surface area contributed by atoms with Crippen molar-refractivity contribution in [2.24, 2.45) is 0 Å². The quantitative estimate of drug-likeness (QED) is 0.387. The molecule has 3 aromatic rings. The number of ether oxygens (including phenoxy) is 1. The van der Waals surface area contributed by atoms with E-state index >= 15 is 0 Å². The normalized spacial score (nSPS) is 16.5. The Bertz CT molecular complexity index is 1210. The van der Waals surface area contributed by atoms with Crippen LogP contribution in [0, 0.1) is 0 Å². The van der Waals surface area contributed by atoms with Crippen molar-refractivity contribution in [3.8, 4) is 0 Å². The summed E-state index contributed by atoms with van der Waals surface area (Å²) < 4.78 is 12.2. The fourth-order valence-corrected chi connectivity index (χ4v) is 4.34. The first-order valence-corrected chi connectivity index (χ1v) is 10.8. The minimum absolute atomic E-state index is 0.0258. The van der Waals surface area contributed by atoms with Gasteiger partial charge in [0.2, 0.25) is 5.76 Å². The zero-order valence-electron chi connectivity index (χ0n) is 17.5. The van der Waals surface area contributed by atoms with Crippen molar-refractivity contribution in [3.63, 3.8) is 0 Å². The van der Waals surface area contributed by atoms with E-state index < -0.39 is 5.97 Å². The molecule has 0 unspecified atom stereocenters. The van der Waals surface area contributed by atoms with Gasteiger partial charge in [-0.25, -0.2) is 4.79 Å². The van der Waals surface area contributed by atoms with Crippen LogP contribution in [-0.2, 0) is 16.1 Å². The van der Waals surface area contributed by atoms with E-state index in [1.54, 1.807) is 12.1 Å². The number of esters is 1. The maximum atomic E-state index is 12.9. The number of methoxy groups -OCH3 is 1. The second kappa shape index (κ2) is 8.47. The van der Waals surface area contributed by atoms with E-state index in [0.717, 1.165) is 39.5 Å². The van der Waals surface area contributed by atoms with Crippen LogP contribution >= 0.6 is 11.8 Å². The van der Waals surface area contributed by atoms with Crippen LogP contribution in [0.1, 0.15) is 48.2 Å². The maximum absolute atomic E-state index is 12.9. The third-order valence-corrected chi connectivity index (χ3v) is 6.27. The van der Waals surface area contributed by atoms with Gasteiger partial charge in [0.05, 0.1) is 18.6 Å². The highest BCUT2D eigenvalue weighted by Crippen LogP contribution is 2.35. The van der Waals surface area contributed by atoms with E-state index in [0.29, 0.717) is 16.7 Å². The Labute approximate surface area is 183 Å². The van der Waals surface area contributed by atoms with Crippen LogP contribution in [0.15, 0.2) is 51.9 Å². The van der Waals surface area contributed by atoms with Crippen LogP contribution in [0.25, 0.3) is 17.0 Å². The van der Waals surface area contributed by atoms with Crippen LogP contribution in [0.2, 0.25) is 0 Å². The van der Waals surface area contributed by atoms with Crippen LogP contribution in [0.5, 0.6) is 0 Å². The van der Waals surface area contributed by atoms with Crippen molar-refractivity contribution in [1.82, 2.24) is 9.47 Å². The summed E-state index contributed by atoms with van der Waals surface area (Å²) in [6.45, 7) is 4.23. The summed E-state index contributed by atoms with van der Waals surface area (Å²) in [6, 6.07) is 11.3. The number of benzene rings is 1. The SMILES string of the molecule is CC[C@H](C)n1cc(/C=C2/SC(=O)N(Cc3ccc(C(=O)OC)o3)C2=O)c2ccccc21. The highest BCUT2D eigenvalue weighted by molar-refractivity contribution is 8.18. The van der Waals surface area contributed by atoms with Gasteiger partial charge in [-0.1, -0.05) is 25.1 Å². The standard InChI is InChI=1S/C23H22N2O5S/c1-4-14(2)24-12-15(17-7-5-6-8-18(17)24)11-20-21(26)25(23(28)31-20)13-16-9-10-19(30-16)22(27)29-3/h5-12,14H,4,13H2,1-3H3/b20-11+/t14-/m0/s1. The lowest BCUT2D eigenvalue weighted by atomic mass is 10.1. The number of rotatable bonds is 6. The number of fused-ring (bicyclic) bond motifs is 1. The van der Waals surface area contributed by atoms with Gasteiger partial charge >= 0.3 is 5.97 Å². The first kappa shape index (κ1) is 21.0. The van der Waals surface area contributed by atoms with Gasteiger partial charge < -0.3 is 13.7 Å². The number of imide groups is 1. The zero-order valence-corrected chi connectivity index (χ0v) is 18.3. The minimum Gasteiger partial charge on any atom is -0.463 e. The summed E-state index contributed by atoms with van der Waals surface area (Å²) >= 11 is 0.901. The Hall–Kier alpha value is -3.26. The van der Waals surface area contributed by atoms with Gasteiger partial charge in [-0.2, -0.15) is 0 Å². The molecule has 8 heteroatoms. The molecule has 0 radical (unpaired) electrons. The van der Waals surface area contributed by atoms with Gasteiger partial charge in [0.25, 0.3) is 11.1 Å². The van der Waals surface area contributed by atoms with E-state index in [-0.39, 0.29) is 23.5 Å². The van der Waals surface area contributed by atoms with Crippen molar-refractivity contribution >= 4 is 45.9 Å². The topological polar surface area (TPSA) is 81.8 Å². The summed E-state index contributed by atoms with van der Waals surface area (Å²) in [5, 5.41) is 0.654. The zero-order chi connectivity index (χ0) is 22.1. The van der Waals surface area contributed by atoms with Crippen LogP contribution in [-0.4, -0.2) is 33.7 Å². The van der Waals surface area contributed by atoms with Gasteiger partial charge in [0, 0.05) is 28.7 Å². The molecule has 1 fully saturated rings. The molecule has 1 aromatic carbocycles. The lowest BCUT2D eigenvalue weighted by Gasteiger charge is -2.12. The Morgan fingerprint density at radius 3 is 2.74 bits per heavy atom. The smallest absolute Gasteiger partial charge is 0.373 e. The molecule has 0 saturated carbocycles. The number of hydrogen-bond donors (Lipinski definition) is 0. The molecular formula is C23H22N2O5S.